The van der Waals surface area contributed by atoms with E-state index in [4.69, 9.17) is 16.9 Å². The fourth-order valence-electron chi connectivity index (χ4n) is 1.52. The van der Waals surface area contributed by atoms with Gasteiger partial charge in [0.2, 0.25) is 0 Å². The van der Waals surface area contributed by atoms with Crippen LogP contribution >= 0.6 is 27.5 Å². The molecule has 0 fully saturated rings. The molecule has 0 atom stereocenters. The predicted molar refractivity (Wildman–Crippen MR) is 78.2 cm³/mol. The molecule has 0 saturated carbocycles. The molecule has 0 spiro atoms. The van der Waals surface area contributed by atoms with E-state index < -0.39 is 11.7 Å². The van der Waals surface area contributed by atoms with Crippen molar-refractivity contribution in [3.8, 4) is 6.07 Å². The summed E-state index contributed by atoms with van der Waals surface area (Å²) in [6.07, 6.45) is 0. The Hall–Kier alpha value is -1.90. The van der Waals surface area contributed by atoms with E-state index in [1.807, 2.05) is 6.07 Å². The van der Waals surface area contributed by atoms with Crippen LogP contribution in [0.4, 0.5) is 10.1 Å². The summed E-state index contributed by atoms with van der Waals surface area (Å²) in [4.78, 5) is 12.0. The van der Waals surface area contributed by atoms with Crippen molar-refractivity contribution in [3.63, 3.8) is 0 Å². The van der Waals surface area contributed by atoms with E-state index in [1.54, 1.807) is 12.1 Å². The van der Waals surface area contributed by atoms with Gasteiger partial charge in [-0.05, 0) is 52.3 Å². The molecule has 0 aliphatic carbocycles. The predicted octanol–water partition coefficient (Wildman–Crippen LogP) is 4.37. The summed E-state index contributed by atoms with van der Waals surface area (Å²) in [6.45, 7) is 0. The number of nitriles is 1. The van der Waals surface area contributed by atoms with E-state index in [9.17, 15) is 9.18 Å². The maximum Gasteiger partial charge on any atom is 0.255 e. The van der Waals surface area contributed by atoms with Crippen LogP contribution in [-0.2, 0) is 0 Å². The van der Waals surface area contributed by atoms with Gasteiger partial charge in [0.15, 0.2) is 0 Å². The number of amides is 1. The van der Waals surface area contributed by atoms with Crippen LogP contribution in [0.3, 0.4) is 0 Å². The molecule has 2 rings (SSSR count). The molecule has 2 aromatic rings. The van der Waals surface area contributed by atoms with Gasteiger partial charge in [-0.3, -0.25) is 4.79 Å². The monoisotopic (exact) mass is 352 g/mol. The fourth-order valence-corrected chi connectivity index (χ4v) is 1.95. The van der Waals surface area contributed by atoms with Crippen molar-refractivity contribution >= 4 is 39.1 Å². The largest absolute Gasteiger partial charge is 0.319 e. The molecular weight excluding hydrogens is 347 g/mol. The maximum absolute atomic E-state index is 13.7. The average Bonchev–Trinajstić information content (AvgIpc) is 2.43. The van der Waals surface area contributed by atoms with Gasteiger partial charge >= 0.3 is 0 Å². The first-order valence-corrected chi connectivity index (χ1v) is 6.64. The quantitative estimate of drug-likeness (QED) is 0.872. The van der Waals surface area contributed by atoms with Gasteiger partial charge < -0.3 is 5.32 Å². The third-order valence-electron chi connectivity index (χ3n) is 2.53. The highest BCUT2D eigenvalue weighted by Gasteiger charge is 2.11. The van der Waals surface area contributed by atoms with E-state index in [0.717, 1.165) is 6.07 Å². The molecule has 2 aromatic carbocycles. The lowest BCUT2D eigenvalue weighted by molar-refractivity contribution is 0.102. The second-order valence-electron chi connectivity index (χ2n) is 3.89. The van der Waals surface area contributed by atoms with Crippen molar-refractivity contribution in [1.29, 1.82) is 5.26 Å². The molecule has 20 heavy (non-hydrogen) atoms. The minimum atomic E-state index is -0.666. The summed E-state index contributed by atoms with van der Waals surface area (Å²) >= 11 is 9.11. The Kier molecular flexibility index (Phi) is 4.38. The summed E-state index contributed by atoms with van der Waals surface area (Å²) < 4.78 is 14.3. The Labute approximate surface area is 128 Å². The number of hydrogen-bond donors (Lipinski definition) is 1. The van der Waals surface area contributed by atoms with Crippen LogP contribution < -0.4 is 5.32 Å². The van der Waals surface area contributed by atoms with Gasteiger partial charge in [0.25, 0.3) is 5.91 Å². The Morgan fingerprint density at radius 1 is 1.30 bits per heavy atom. The SMILES string of the molecule is N#Cc1ccc(NC(=O)c2ccc(Br)c(Cl)c2)c(F)c1. The van der Waals surface area contributed by atoms with Crippen molar-refractivity contribution in [2.24, 2.45) is 0 Å². The number of anilines is 1. The lowest BCUT2D eigenvalue weighted by Crippen LogP contribution is -2.13. The zero-order valence-corrected chi connectivity index (χ0v) is 12.3. The van der Waals surface area contributed by atoms with Crippen molar-refractivity contribution in [2.45, 2.75) is 0 Å². The first-order chi connectivity index (χ1) is 9.51. The molecule has 1 N–H and O–H groups in total. The van der Waals surface area contributed by atoms with E-state index >= 15 is 0 Å². The summed E-state index contributed by atoms with van der Waals surface area (Å²) in [5, 5.41) is 11.5. The van der Waals surface area contributed by atoms with Crippen LogP contribution in [0.15, 0.2) is 40.9 Å². The Bertz CT molecular complexity index is 728. The van der Waals surface area contributed by atoms with Crippen molar-refractivity contribution in [1.82, 2.24) is 0 Å². The van der Waals surface area contributed by atoms with E-state index in [2.05, 4.69) is 21.2 Å². The van der Waals surface area contributed by atoms with Gasteiger partial charge in [0.05, 0.1) is 22.3 Å². The molecule has 3 nitrogen and oxygen atoms in total. The molecule has 6 heteroatoms. The molecule has 0 bridgehead atoms. The van der Waals surface area contributed by atoms with E-state index in [1.165, 1.54) is 18.2 Å². The fraction of sp³-hybridized carbons (Fsp3) is 0. The summed E-state index contributed by atoms with van der Waals surface area (Å²) in [6, 6.07) is 10.3. The van der Waals surface area contributed by atoms with Crippen molar-refractivity contribution in [2.75, 3.05) is 5.32 Å². The first-order valence-electron chi connectivity index (χ1n) is 5.47. The summed E-state index contributed by atoms with van der Waals surface area (Å²) in [7, 11) is 0. The highest BCUT2D eigenvalue weighted by Crippen LogP contribution is 2.24. The Morgan fingerprint density at radius 3 is 2.65 bits per heavy atom. The Morgan fingerprint density at radius 2 is 2.05 bits per heavy atom. The van der Waals surface area contributed by atoms with Crippen LogP contribution in [0.5, 0.6) is 0 Å². The third-order valence-corrected chi connectivity index (χ3v) is 3.76. The van der Waals surface area contributed by atoms with Crippen LogP contribution in [0.25, 0.3) is 0 Å². The van der Waals surface area contributed by atoms with Gasteiger partial charge in [-0.15, -0.1) is 0 Å². The number of carbonyl (C=O) groups excluding carboxylic acids is 1. The molecule has 1 amide bonds. The number of carbonyl (C=O) groups is 1. The second-order valence-corrected chi connectivity index (χ2v) is 5.15. The van der Waals surface area contributed by atoms with E-state index in [0.29, 0.717) is 15.1 Å². The standard InChI is InChI=1S/C14H7BrClFN2O/c15-10-3-2-9(6-11(10)16)14(20)19-13-4-1-8(7-18)5-12(13)17/h1-6H,(H,19,20). The number of benzene rings is 2. The lowest BCUT2D eigenvalue weighted by atomic mass is 10.2. The third kappa shape index (κ3) is 3.16. The minimum absolute atomic E-state index is 0.00745. The van der Waals surface area contributed by atoms with Crippen LogP contribution in [-0.4, -0.2) is 5.91 Å². The van der Waals surface area contributed by atoms with Crippen LogP contribution in [0.2, 0.25) is 5.02 Å². The number of halogens is 3. The smallest absolute Gasteiger partial charge is 0.255 e. The average molecular weight is 354 g/mol. The maximum atomic E-state index is 13.7. The molecule has 0 saturated heterocycles. The molecule has 0 aliphatic heterocycles. The van der Waals surface area contributed by atoms with Gasteiger partial charge in [-0.25, -0.2) is 4.39 Å². The highest BCUT2D eigenvalue weighted by atomic mass is 79.9. The molecule has 0 heterocycles. The lowest BCUT2D eigenvalue weighted by Gasteiger charge is -2.07. The minimum Gasteiger partial charge on any atom is -0.319 e. The molecule has 0 aliphatic rings. The topological polar surface area (TPSA) is 52.9 Å². The number of nitrogens with one attached hydrogen (secondary N) is 1. The normalized spacial score (nSPS) is 9.90. The van der Waals surface area contributed by atoms with Gasteiger partial charge in [-0.1, -0.05) is 11.6 Å². The molecular formula is C14H7BrClFN2O. The molecule has 0 aromatic heterocycles. The van der Waals surface area contributed by atoms with Crippen LogP contribution in [0.1, 0.15) is 15.9 Å². The van der Waals surface area contributed by atoms with E-state index in [-0.39, 0.29) is 11.3 Å². The van der Waals surface area contributed by atoms with Gasteiger partial charge in [0, 0.05) is 10.0 Å². The van der Waals surface area contributed by atoms with Crippen molar-refractivity contribution < 1.29 is 9.18 Å². The zero-order chi connectivity index (χ0) is 14.7. The zero-order valence-electron chi connectivity index (χ0n) is 9.95. The summed E-state index contributed by atoms with van der Waals surface area (Å²) in [5.74, 6) is -1.15. The Balaban J connectivity index is 2.23. The molecule has 100 valence electrons. The molecule has 0 radical (unpaired) electrons. The van der Waals surface area contributed by atoms with Gasteiger partial charge in [0.1, 0.15) is 5.82 Å². The summed E-state index contributed by atoms with van der Waals surface area (Å²) in [5.41, 5.74) is 0.502. The molecule has 0 unspecified atom stereocenters. The highest BCUT2D eigenvalue weighted by molar-refractivity contribution is 9.10. The van der Waals surface area contributed by atoms with Gasteiger partial charge in [-0.2, -0.15) is 5.26 Å². The van der Waals surface area contributed by atoms with Crippen molar-refractivity contribution in [3.05, 3.63) is 62.8 Å². The van der Waals surface area contributed by atoms with Crippen LogP contribution in [0, 0.1) is 17.1 Å². The second kappa shape index (κ2) is 6.04. The first kappa shape index (κ1) is 14.5. The number of rotatable bonds is 2. The number of hydrogen-bond acceptors (Lipinski definition) is 2. The number of nitrogens with zero attached hydrogens (tertiary/aromatic N) is 1.